The van der Waals surface area contributed by atoms with E-state index in [1.807, 2.05) is 12.1 Å². The van der Waals surface area contributed by atoms with E-state index < -0.39 is 15.9 Å². The minimum Gasteiger partial charge on any atom is -0.274 e. The van der Waals surface area contributed by atoms with E-state index in [9.17, 15) is 13.2 Å². The van der Waals surface area contributed by atoms with Crippen LogP contribution in [0.25, 0.3) is 0 Å². The highest BCUT2D eigenvalue weighted by molar-refractivity contribution is 7.90. The van der Waals surface area contributed by atoms with Crippen molar-refractivity contribution in [3.63, 3.8) is 0 Å². The van der Waals surface area contributed by atoms with Gasteiger partial charge in [0.15, 0.2) is 0 Å². The Morgan fingerprint density at radius 2 is 1.17 bits per heavy atom. The molecule has 0 atom stereocenters. The van der Waals surface area contributed by atoms with Crippen LogP contribution in [0.1, 0.15) is 116 Å². The van der Waals surface area contributed by atoms with E-state index >= 15 is 0 Å². The minimum absolute atomic E-state index is 0.154. The van der Waals surface area contributed by atoms with E-state index in [2.05, 4.69) is 18.6 Å². The number of unbranched alkanes of at least 4 members (excludes halogenated alkanes) is 12. The number of carbonyl (C=O) groups excluding carboxylic acids is 1. The Hall–Kier alpha value is -1.36. The van der Waals surface area contributed by atoms with Crippen molar-refractivity contribution in [2.45, 2.75) is 121 Å². The van der Waals surface area contributed by atoms with Crippen LogP contribution in [0.4, 0.5) is 0 Å². The number of hydrogen-bond acceptors (Lipinski definition) is 3. The molecule has 0 saturated carbocycles. The van der Waals surface area contributed by atoms with Gasteiger partial charge in [-0.1, -0.05) is 109 Å². The van der Waals surface area contributed by atoms with E-state index in [0.717, 1.165) is 37.7 Å². The van der Waals surface area contributed by atoms with Gasteiger partial charge in [-0.3, -0.25) is 4.79 Å². The van der Waals surface area contributed by atoms with Crippen molar-refractivity contribution in [2.75, 3.05) is 0 Å². The summed E-state index contributed by atoms with van der Waals surface area (Å²) in [6, 6.07) is 6.78. The van der Waals surface area contributed by atoms with Gasteiger partial charge in [-0.15, -0.1) is 0 Å². The van der Waals surface area contributed by atoms with Gasteiger partial charge >= 0.3 is 0 Å². The molecule has 1 amide bonds. The third kappa shape index (κ3) is 12.4. The maximum Gasteiger partial charge on any atom is 0.264 e. The van der Waals surface area contributed by atoms with E-state index in [4.69, 9.17) is 0 Å². The standard InChI is InChI=1S/C25H43NO3S/c1-3-5-6-7-8-9-10-11-12-13-14-15-16-18-25(27)26-30(28,29)24-21-19-23(17-4-2)20-22-24/h19-22H,3-18H2,1-2H3,(H,26,27). The van der Waals surface area contributed by atoms with Crippen LogP contribution in [0, 0.1) is 0 Å². The van der Waals surface area contributed by atoms with Crippen LogP contribution in [0.2, 0.25) is 0 Å². The van der Waals surface area contributed by atoms with Crippen molar-refractivity contribution in [3.05, 3.63) is 29.8 Å². The van der Waals surface area contributed by atoms with Crippen LogP contribution in [-0.4, -0.2) is 14.3 Å². The number of aryl methyl sites for hydroxylation is 1. The highest BCUT2D eigenvalue weighted by Crippen LogP contribution is 2.14. The fourth-order valence-corrected chi connectivity index (χ4v) is 4.70. The van der Waals surface area contributed by atoms with E-state index in [1.54, 1.807) is 12.1 Å². The molecule has 0 aromatic heterocycles. The molecule has 4 nitrogen and oxygen atoms in total. The zero-order chi connectivity index (χ0) is 22.1. The normalized spacial score (nSPS) is 11.5. The summed E-state index contributed by atoms with van der Waals surface area (Å²) in [5.41, 5.74) is 1.11. The third-order valence-electron chi connectivity index (χ3n) is 5.53. The lowest BCUT2D eigenvalue weighted by molar-refractivity contribution is -0.119. The maximum absolute atomic E-state index is 12.3. The first-order valence-corrected chi connectivity index (χ1v) is 13.6. The van der Waals surface area contributed by atoms with Crippen LogP contribution in [0.5, 0.6) is 0 Å². The Balaban J connectivity index is 2.07. The van der Waals surface area contributed by atoms with Crippen molar-refractivity contribution < 1.29 is 13.2 Å². The molecule has 0 fully saturated rings. The summed E-state index contributed by atoms with van der Waals surface area (Å²) in [6.45, 7) is 4.34. The van der Waals surface area contributed by atoms with Crippen molar-refractivity contribution >= 4 is 15.9 Å². The Bertz CT molecular complexity index is 668. The minimum atomic E-state index is -3.76. The number of nitrogens with one attached hydrogen (secondary N) is 1. The van der Waals surface area contributed by atoms with E-state index in [-0.39, 0.29) is 11.3 Å². The second kappa shape index (κ2) is 16.3. The molecule has 5 heteroatoms. The number of benzene rings is 1. The SMILES string of the molecule is CCCCCCCCCCCCCCCC(=O)NS(=O)(=O)c1ccc(CCC)cc1. The van der Waals surface area contributed by atoms with Crippen LogP contribution in [-0.2, 0) is 21.2 Å². The molecular formula is C25H43NO3S. The number of hydrogen-bond donors (Lipinski definition) is 1. The van der Waals surface area contributed by atoms with Gasteiger partial charge in [-0.2, -0.15) is 0 Å². The van der Waals surface area contributed by atoms with Crippen LogP contribution >= 0.6 is 0 Å². The highest BCUT2D eigenvalue weighted by atomic mass is 32.2. The molecule has 0 spiro atoms. The molecule has 0 radical (unpaired) electrons. The number of amides is 1. The molecule has 0 bridgehead atoms. The number of carbonyl (C=O) groups is 1. The number of rotatable bonds is 18. The Labute approximate surface area is 185 Å². The summed E-state index contributed by atoms with van der Waals surface area (Å²) in [5, 5.41) is 0. The molecule has 1 aromatic rings. The van der Waals surface area contributed by atoms with Crippen LogP contribution in [0.15, 0.2) is 29.2 Å². The van der Waals surface area contributed by atoms with Gasteiger partial charge in [0, 0.05) is 6.42 Å². The molecule has 1 rings (SSSR count). The molecule has 0 unspecified atom stereocenters. The lowest BCUT2D eigenvalue weighted by Gasteiger charge is -2.08. The first-order chi connectivity index (χ1) is 14.5. The zero-order valence-electron chi connectivity index (χ0n) is 19.3. The molecule has 0 aliphatic heterocycles. The molecule has 0 aliphatic carbocycles. The van der Waals surface area contributed by atoms with Crippen molar-refractivity contribution in [2.24, 2.45) is 0 Å². The van der Waals surface area contributed by atoms with Crippen molar-refractivity contribution in [1.82, 2.24) is 4.72 Å². The first kappa shape index (κ1) is 26.7. The van der Waals surface area contributed by atoms with Gasteiger partial charge in [-0.05, 0) is 30.5 Å². The van der Waals surface area contributed by atoms with Gasteiger partial charge in [0.1, 0.15) is 0 Å². The summed E-state index contributed by atoms with van der Waals surface area (Å²) >= 11 is 0. The zero-order valence-corrected chi connectivity index (χ0v) is 20.1. The van der Waals surface area contributed by atoms with Gasteiger partial charge in [0.2, 0.25) is 5.91 Å². The lowest BCUT2D eigenvalue weighted by Crippen LogP contribution is -2.30. The van der Waals surface area contributed by atoms with Crippen LogP contribution < -0.4 is 4.72 Å². The Morgan fingerprint density at radius 1 is 0.700 bits per heavy atom. The van der Waals surface area contributed by atoms with Gasteiger partial charge in [0.25, 0.3) is 10.0 Å². The van der Waals surface area contributed by atoms with Crippen molar-refractivity contribution in [1.29, 1.82) is 0 Å². The maximum atomic E-state index is 12.3. The molecular weight excluding hydrogens is 394 g/mol. The molecule has 0 aliphatic rings. The average molecular weight is 438 g/mol. The fourth-order valence-electron chi connectivity index (χ4n) is 3.69. The number of sulfonamides is 1. The van der Waals surface area contributed by atoms with E-state index in [0.29, 0.717) is 0 Å². The smallest absolute Gasteiger partial charge is 0.264 e. The molecule has 172 valence electrons. The highest BCUT2D eigenvalue weighted by Gasteiger charge is 2.17. The molecule has 1 N–H and O–H groups in total. The quantitative estimate of drug-likeness (QED) is 0.253. The summed E-state index contributed by atoms with van der Waals surface area (Å²) < 4.78 is 26.8. The van der Waals surface area contributed by atoms with Crippen LogP contribution in [0.3, 0.4) is 0 Å². The van der Waals surface area contributed by atoms with Gasteiger partial charge in [-0.25, -0.2) is 13.1 Å². The predicted octanol–water partition coefficient (Wildman–Crippen LogP) is 6.93. The summed E-state index contributed by atoms with van der Waals surface area (Å²) in [7, 11) is -3.76. The second-order valence-electron chi connectivity index (χ2n) is 8.42. The predicted molar refractivity (Wildman–Crippen MR) is 126 cm³/mol. The average Bonchev–Trinajstić information content (AvgIpc) is 2.72. The van der Waals surface area contributed by atoms with Crippen molar-refractivity contribution in [3.8, 4) is 0 Å². The lowest BCUT2D eigenvalue weighted by atomic mass is 10.0. The Morgan fingerprint density at radius 3 is 1.63 bits per heavy atom. The summed E-state index contributed by atoms with van der Waals surface area (Å²) in [4.78, 5) is 12.2. The summed E-state index contributed by atoms with van der Waals surface area (Å²) in [6.07, 6.45) is 18.4. The molecule has 1 aromatic carbocycles. The van der Waals surface area contributed by atoms with Gasteiger partial charge < -0.3 is 0 Å². The molecule has 0 heterocycles. The molecule has 0 saturated heterocycles. The Kier molecular flexibility index (Phi) is 14.5. The fraction of sp³-hybridized carbons (Fsp3) is 0.720. The monoisotopic (exact) mass is 437 g/mol. The topological polar surface area (TPSA) is 63.2 Å². The van der Waals surface area contributed by atoms with Gasteiger partial charge in [0.05, 0.1) is 4.90 Å². The summed E-state index contributed by atoms with van der Waals surface area (Å²) in [5.74, 6) is -0.407. The first-order valence-electron chi connectivity index (χ1n) is 12.1. The third-order valence-corrected chi connectivity index (χ3v) is 6.92. The molecule has 30 heavy (non-hydrogen) atoms. The van der Waals surface area contributed by atoms with E-state index in [1.165, 1.54) is 64.2 Å². The largest absolute Gasteiger partial charge is 0.274 e. The second-order valence-corrected chi connectivity index (χ2v) is 10.1.